The molecular weight excluding hydrogens is 270 g/mol. The Kier molecular flexibility index (Phi) is 4.00. The maximum Gasteiger partial charge on any atom is 0.306 e. The molecule has 4 atom stereocenters. The summed E-state index contributed by atoms with van der Waals surface area (Å²) >= 11 is 0. The fraction of sp³-hybridized carbons (Fsp3) is 0.812. The van der Waals surface area contributed by atoms with E-state index in [9.17, 15) is 19.5 Å². The van der Waals surface area contributed by atoms with Crippen molar-refractivity contribution in [3.63, 3.8) is 0 Å². The van der Waals surface area contributed by atoms with Gasteiger partial charge in [0.25, 0.3) is 0 Å². The number of nitrogens with zero attached hydrogens (tertiary/aromatic N) is 1. The van der Waals surface area contributed by atoms with Gasteiger partial charge in [-0.05, 0) is 31.6 Å². The molecule has 2 amide bonds. The number of aliphatic carboxylic acids is 1. The summed E-state index contributed by atoms with van der Waals surface area (Å²) < 4.78 is 0. The molecule has 3 aliphatic rings. The average molecular weight is 293 g/mol. The SMILES string of the molecule is O=C(O)C1CCCCC1CN1C(=O)C2CCCCC2C1=O. The third-order valence-electron chi connectivity index (χ3n) is 5.58. The van der Waals surface area contributed by atoms with Crippen LogP contribution in [0.25, 0.3) is 0 Å². The van der Waals surface area contributed by atoms with Gasteiger partial charge < -0.3 is 5.11 Å². The molecule has 0 bridgehead atoms. The van der Waals surface area contributed by atoms with Crippen LogP contribution in [0.2, 0.25) is 0 Å². The number of carbonyl (C=O) groups excluding carboxylic acids is 2. The van der Waals surface area contributed by atoms with E-state index in [-0.39, 0.29) is 29.6 Å². The normalized spacial score (nSPS) is 36.7. The Balaban J connectivity index is 1.73. The second-order valence-electron chi connectivity index (χ2n) is 6.77. The summed E-state index contributed by atoms with van der Waals surface area (Å²) in [5.74, 6) is -1.59. The lowest BCUT2D eigenvalue weighted by Gasteiger charge is -2.31. The Morgan fingerprint density at radius 3 is 2.05 bits per heavy atom. The topological polar surface area (TPSA) is 74.7 Å². The Bertz CT molecular complexity index is 437. The van der Waals surface area contributed by atoms with Gasteiger partial charge in [-0.1, -0.05) is 25.7 Å². The van der Waals surface area contributed by atoms with E-state index in [1.807, 2.05) is 0 Å². The standard InChI is InChI=1S/C16H23NO4/c18-14-12-7-3-4-8-13(12)15(19)17(14)9-10-5-1-2-6-11(10)16(20)21/h10-13H,1-9H2,(H,20,21). The maximum atomic E-state index is 12.5. The van der Waals surface area contributed by atoms with Gasteiger partial charge in [-0.2, -0.15) is 0 Å². The monoisotopic (exact) mass is 293 g/mol. The van der Waals surface area contributed by atoms with E-state index in [4.69, 9.17) is 0 Å². The van der Waals surface area contributed by atoms with Gasteiger partial charge >= 0.3 is 5.97 Å². The van der Waals surface area contributed by atoms with E-state index >= 15 is 0 Å². The first-order valence-electron chi connectivity index (χ1n) is 8.17. The molecule has 1 saturated heterocycles. The average Bonchev–Trinajstić information content (AvgIpc) is 2.73. The minimum Gasteiger partial charge on any atom is -0.481 e. The van der Waals surface area contributed by atoms with Crippen LogP contribution in [-0.4, -0.2) is 34.3 Å². The van der Waals surface area contributed by atoms with Crippen LogP contribution < -0.4 is 0 Å². The summed E-state index contributed by atoms with van der Waals surface area (Å²) in [6.07, 6.45) is 7.09. The summed E-state index contributed by atoms with van der Waals surface area (Å²) in [6, 6.07) is 0. The van der Waals surface area contributed by atoms with Gasteiger partial charge in [-0.25, -0.2) is 0 Å². The van der Waals surface area contributed by atoms with Crippen LogP contribution in [-0.2, 0) is 14.4 Å². The molecule has 1 heterocycles. The summed E-state index contributed by atoms with van der Waals surface area (Å²) in [7, 11) is 0. The predicted octanol–water partition coefficient (Wildman–Crippen LogP) is 2.05. The second-order valence-corrected chi connectivity index (χ2v) is 6.77. The summed E-state index contributed by atoms with van der Waals surface area (Å²) in [5.41, 5.74) is 0. The minimum absolute atomic E-state index is 0.0422. The summed E-state index contributed by atoms with van der Waals surface area (Å²) in [4.78, 5) is 37.7. The van der Waals surface area contributed by atoms with Gasteiger partial charge in [0, 0.05) is 6.54 Å². The number of imide groups is 1. The van der Waals surface area contributed by atoms with Crippen molar-refractivity contribution in [2.24, 2.45) is 23.7 Å². The maximum absolute atomic E-state index is 12.5. The highest BCUT2D eigenvalue weighted by Gasteiger charge is 2.49. The molecule has 1 N–H and O–H groups in total. The van der Waals surface area contributed by atoms with Gasteiger partial charge in [-0.15, -0.1) is 0 Å². The van der Waals surface area contributed by atoms with Gasteiger partial charge in [0.2, 0.25) is 11.8 Å². The van der Waals surface area contributed by atoms with Crippen LogP contribution in [0, 0.1) is 23.7 Å². The predicted molar refractivity (Wildman–Crippen MR) is 75.3 cm³/mol. The van der Waals surface area contributed by atoms with Crippen molar-refractivity contribution in [3.05, 3.63) is 0 Å². The van der Waals surface area contributed by atoms with Gasteiger partial charge in [0.05, 0.1) is 17.8 Å². The van der Waals surface area contributed by atoms with E-state index in [0.29, 0.717) is 13.0 Å². The van der Waals surface area contributed by atoms with Crippen molar-refractivity contribution in [1.29, 1.82) is 0 Å². The zero-order chi connectivity index (χ0) is 15.0. The molecule has 0 spiro atoms. The Hall–Kier alpha value is -1.39. The molecule has 5 heteroatoms. The first kappa shape index (κ1) is 14.5. The smallest absolute Gasteiger partial charge is 0.306 e. The van der Waals surface area contributed by atoms with E-state index in [2.05, 4.69) is 0 Å². The third kappa shape index (κ3) is 2.58. The van der Waals surface area contributed by atoms with Gasteiger partial charge in [-0.3, -0.25) is 19.3 Å². The number of hydrogen-bond acceptors (Lipinski definition) is 3. The molecule has 0 aromatic rings. The van der Waals surface area contributed by atoms with Crippen LogP contribution in [0.3, 0.4) is 0 Å². The van der Waals surface area contributed by atoms with E-state index in [1.165, 1.54) is 4.90 Å². The van der Waals surface area contributed by atoms with Crippen molar-refractivity contribution >= 4 is 17.8 Å². The minimum atomic E-state index is -0.781. The van der Waals surface area contributed by atoms with E-state index in [0.717, 1.165) is 44.9 Å². The number of carboxylic acid groups (broad SMARTS) is 1. The zero-order valence-electron chi connectivity index (χ0n) is 12.3. The number of carbonyl (C=O) groups is 3. The Morgan fingerprint density at radius 1 is 0.952 bits per heavy atom. The molecule has 4 unspecified atom stereocenters. The molecule has 0 aromatic heterocycles. The number of fused-ring (bicyclic) bond motifs is 1. The molecule has 0 aromatic carbocycles. The number of rotatable bonds is 3. The van der Waals surface area contributed by atoms with Crippen molar-refractivity contribution in [2.45, 2.75) is 51.4 Å². The highest BCUT2D eigenvalue weighted by molar-refractivity contribution is 6.05. The van der Waals surface area contributed by atoms with Gasteiger partial charge in [0.15, 0.2) is 0 Å². The second kappa shape index (κ2) is 5.78. The molecule has 2 saturated carbocycles. The van der Waals surface area contributed by atoms with Crippen molar-refractivity contribution < 1.29 is 19.5 Å². The number of amides is 2. The Morgan fingerprint density at radius 2 is 1.48 bits per heavy atom. The fourth-order valence-corrected chi connectivity index (χ4v) is 4.40. The zero-order valence-corrected chi connectivity index (χ0v) is 12.3. The molecule has 1 aliphatic heterocycles. The molecule has 0 radical (unpaired) electrons. The molecule has 3 fully saturated rings. The van der Waals surface area contributed by atoms with Crippen LogP contribution in [0.4, 0.5) is 0 Å². The molecule has 116 valence electrons. The quantitative estimate of drug-likeness (QED) is 0.808. The van der Waals surface area contributed by atoms with Crippen LogP contribution in [0.5, 0.6) is 0 Å². The summed E-state index contributed by atoms with van der Waals surface area (Å²) in [5, 5.41) is 9.33. The number of likely N-dealkylation sites (tertiary alicyclic amines) is 1. The largest absolute Gasteiger partial charge is 0.481 e. The molecule has 21 heavy (non-hydrogen) atoms. The third-order valence-corrected chi connectivity index (χ3v) is 5.58. The molecule has 5 nitrogen and oxygen atoms in total. The molecular formula is C16H23NO4. The highest BCUT2D eigenvalue weighted by atomic mass is 16.4. The lowest BCUT2D eigenvalue weighted by molar-refractivity contribution is -0.148. The van der Waals surface area contributed by atoms with Crippen molar-refractivity contribution in [2.75, 3.05) is 6.54 Å². The first-order chi connectivity index (χ1) is 10.1. The van der Waals surface area contributed by atoms with Crippen molar-refractivity contribution in [3.8, 4) is 0 Å². The van der Waals surface area contributed by atoms with E-state index < -0.39 is 11.9 Å². The van der Waals surface area contributed by atoms with Crippen LogP contribution >= 0.6 is 0 Å². The van der Waals surface area contributed by atoms with Gasteiger partial charge in [0.1, 0.15) is 0 Å². The van der Waals surface area contributed by atoms with E-state index in [1.54, 1.807) is 0 Å². The summed E-state index contributed by atoms with van der Waals surface area (Å²) in [6.45, 7) is 0.321. The number of hydrogen-bond donors (Lipinski definition) is 1. The molecule has 3 rings (SSSR count). The number of carboxylic acids is 1. The molecule has 2 aliphatic carbocycles. The fourth-order valence-electron chi connectivity index (χ4n) is 4.40. The lowest BCUT2D eigenvalue weighted by Crippen LogP contribution is -2.40. The highest BCUT2D eigenvalue weighted by Crippen LogP contribution is 2.40. The van der Waals surface area contributed by atoms with Crippen LogP contribution in [0.1, 0.15) is 51.4 Å². The van der Waals surface area contributed by atoms with Crippen molar-refractivity contribution in [1.82, 2.24) is 4.90 Å². The Labute approximate surface area is 124 Å². The van der Waals surface area contributed by atoms with Crippen LogP contribution in [0.15, 0.2) is 0 Å². The lowest BCUT2D eigenvalue weighted by atomic mass is 9.79. The first-order valence-corrected chi connectivity index (χ1v) is 8.17.